The van der Waals surface area contributed by atoms with E-state index in [1.54, 1.807) is 29.7 Å². The van der Waals surface area contributed by atoms with Crippen molar-refractivity contribution in [1.82, 2.24) is 14.5 Å². The molecule has 3 aromatic rings. The first-order chi connectivity index (χ1) is 14.7. The Balaban J connectivity index is 0. The summed E-state index contributed by atoms with van der Waals surface area (Å²) in [6, 6.07) is 7.05. The predicted octanol–water partition coefficient (Wildman–Crippen LogP) is -1.85. The van der Waals surface area contributed by atoms with Crippen LogP contribution in [0.1, 0.15) is 35.6 Å². The van der Waals surface area contributed by atoms with Gasteiger partial charge in [0.05, 0.1) is 29.0 Å². The van der Waals surface area contributed by atoms with E-state index in [0.29, 0.717) is 41.1 Å². The summed E-state index contributed by atoms with van der Waals surface area (Å²) >= 11 is 0. The van der Waals surface area contributed by atoms with E-state index >= 15 is 0 Å². The highest BCUT2D eigenvalue weighted by Gasteiger charge is 2.45. The van der Waals surface area contributed by atoms with Crippen LogP contribution in [0.15, 0.2) is 29.1 Å². The average Bonchev–Trinajstić information content (AvgIpc) is 3.10. The summed E-state index contributed by atoms with van der Waals surface area (Å²) in [5, 5.41) is 22.2. The molecular weight excluding hydrogens is 514 g/mol. The molecule has 208 valence electrons. The molecule has 0 aliphatic carbocycles. The van der Waals surface area contributed by atoms with E-state index in [2.05, 4.69) is 0 Å². The van der Waals surface area contributed by atoms with Crippen LogP contribution in [0.25, 0.3) is 22.3 Å². The van der Waals surface area contributed by atoms with Crippen LogP contribution in [0.2, 0.25) is 0 Å². The maximum atomic E-state index is 13.2. The number of aliphatic hydroxyl groups is 1. The summed E-state index contributed by atoms with van der Waals surface area (Å²) in [6.45, 7) is 2.41. The van der Waals surface area contributed by atoms with Crippen molar-refractivity contribution in [1.29, 1.82) is 0 Å². The number of phenolic OH excluding ortho intramolecular Hbond substituents is 1. The van der Waals surface area contributed by atoms with Gasteiger partial charge in [0.1, 0.15) is 12.4 Å². The number of fused-ring (bicyclic) bond motifs is 5. The highest BCUT2D eigenvalue weighted by molar-refractivity contribution is 5.89. The lowest BCUT2D eigenvalue weighted by Gasteiger charge is -2.31. The van der Waals surface area contributed by atoms with Crippen LogP contribution >= 0.6 is 12.4 Å². The highest BCUT2D eigenvalue weighted by Crippen LogP contribution is 2.39. The van der Waals surface area contributed by atoms with Crippen molar-refractivity contribution in [3.05, 3.63) is 56.9 Å². The molecule has 2 aliphatic heterocycles. The minimum atomic E-state index is -1.84. The molecule has 13 nitrogen and oxygen atoms in total. The normalized spacial score (nSPS) is 16.2. The minimum absolute atomic E-state index is 0. The molecule has 5 rings (SSSR count). The van der Waals surface area contributed by atoms with E-state index in [4.69, 9.17) is 9.72 Å². The van der Waals surface area contributed by atoms with Gasteiger partial charge >= 0.3 is 5.97 Å². The number of benzene rings is 1. The fourth-order valence-electron chi connectivity index (χ4n) is 4.58. The lowest BCUT2D eigenvalue weighted by Crippen LogP contribution is -2.44. The number of hydrogen-bond donors (Lipinski definition) is 2. The molecule has 37 heavy (non-hydrogen) atoms. The zero-order chi connectivity index (χ0) is 22.1. The zero-order valence-electron chi connectivity index (χ0n) is 20.5. The molecule has 2 aromatic heterocycles. The van der Waals surface area contributed by atoms with Gasteiger partial charge in [-0.2, -0.15) is 0 Å². The summed E-state index contributed by atoms with van der Waals surface area (Å²) in [7, 11) is 3.86. The molecule has 0 saturated heterocycles. The fourth-order valence-corrected chi connectivity index (χ4v) is 4.58. The molecular formula is C23H34ClN3O10. The number of cyclic esters (lactones) is 1. The van der Waals surface area contributed by atoms with Crippen molar-refractivity contribution >= 4 is 29.3 Å². The number of nitrogens with zero attached hydrogens (tertiary/aromatic N) is 3. The van der Waals surface area contributed by atoms with Gasteiger partial charge in [0.15, 0.2) is 5.60 Å². The molecule has 0 fully saturated rings. The highest BCUT2D eigenvalue weighted by atomic mass is 35.5. The van der Waals surface area contributed by atoms with Gasteiger partial charge in [0.2, 0.25) is 0 Å². The SMILES string of the molecule is CC[C@@]1(O)C(=O)OCc2c1cc1n(c2=O)Cc2cc3c(CN(C)C)c(O)ccc3nc2-1.Cl.O.O.O.O.O. The van der Waals surface area contributed by atoms with Crippen LogP contribution in [-0.4, -0.2) is 72.1 Å². The second-order valence-electron chi connectivity index (χ2n) is 8.47. The van der Waals surface area contributed by atoms with E-state index in [1.807, 2.05) is 25.1 Å². The molecule has 4 heterocycles. The summed E-state index contributed by atoms with van der Waals surface area (Å²) in [4.78, 5) is 32.3. The summed E-state index contributed by atoms with van der Waals surface area (Å²) in [5.41, 5.74) is 2.03. The minimum Gasteiger partial charge on any atom is -0.508 e. The Hall–Kier alpha value is -3.14. The lowest BCUT2D eigenvalue weighted by molar-refractivity contribution is -0.172. The number of carbonyl (C=O) groups excluding carboxylic acids is 1. The van der Waals surface area contributed by atoms with E-state index in [-0.39, 0.29) is 64.1 Å². The van der Waals surface area contributed by atoms with Gasteiger partial charge in [0, 0.05) is 28.6 Å². The number of rotatable bonds is 3. The van der Waals surface area contributed by atoms with Crippen LogP contribution in [0.3, 0.4) is 0 Å². The number of phenols is 1. The Kier molecular flexibility index (Phi) is 12.1. The maximum absolute atomic E-state index is 13.2. The van der Waals surface area contributed by atoms with Crippen molar-refractivity contribution in [3.8, 4) is 17.1 Å². The molecule has 1 aromatic carbocycles. The lowest BCUT2D eigenvalue weighted by atomic mass is 9.86. The van der Waals surface area contributed by atoms with E-state index in [9.17, 15) is 19.8 Å². The van der Waals surface area contributed by atoms with Gasteiger partial charge in [-0.25, -0.2) is 9.78 Å². The number of hydrogen-bond acceptors (Lipinski definition) is 7. The predicted molar refractivity (Wildman–Crippen MR) is 139 cm³/mol. The number of halogens is 1. The fraction of sp³-hybridized carbons (Fsp3) is 0.348. The molecule has 1 atom stereocenters. The van der Waals surface area contributed by atoms with Crippen molar-refractivity contribution in [3.63, 3.8) is 0 Å². The third kappa shape index (κ3) is 5.16. The Bertz CT molecular complexity index is 1340. The molecule has 0 unspecified atom stereocenters. The first kappa shape index (κ1) is 36.0. The number of aromatic hydroxyl groups is 1. The zero-order valence-corrected chi connectivity index (χ0v) is 21.3. The molecule has 14 heteroatoms. The summed E-state index contributed by atoms with van der Waals surface area (Å²) in [5.74, 6) is -0.532. The standard InChI is InChI=1S/C23H23N3O5.ClH.5H2O/c1-4-23(30)16-8-18-20-12(9-26(18)21(28)15(16)11-31-22(23)29)7-13-14(10-25(2)3)19(27)6-5-17(13)24-20;;;;;;/h5-8,27,30H,4,9-11H2,1-3H3;1H;5*1H2/t23-;;;;;;/m0....../s1. The van der Waals surface area contributed by atoms with Crippen molar-refractivity contribution in [2.75, 3.05) is 14.1 Å². The van der Waals surface area contributed by atoms with Gasteiger partial charge in [-0.3, -0.25) is 4.79 Å². The largest absolute Gasteiger partial charge is 0.508 e. The number of ether oxygens (including phenoxy) is 1. The summed E-state index contributed by atoms with van der Waals surface area (Å²) in [6.07, 6.45) is 0.104. The number of carbonyl (C=O) groups is 1. The Morgan fingerprint density at radius 2 is 1.76 bits per heavy atom. The topological polar surface area (TPSA) is 262 Å². The molecule has 0 amide bonds. The third-order valence-electron chi connectivity index (χ3n) is 6.25. The summed E-state index contributed by atoms with van der Waals surface area (Å²) < 4.78 is 6.71. The molecule has 2 aliphatic rings. The first-order valence-corrected chi connectivity index (χ1v) is 10.2. The van der Waals surface area contributed by atoms with Crippen molar-refractivity contribution in [2.24, 2.45) is 0 Å². The Labute approximate surface area is 217 Å². The number of esters is 1. The van der Waals surface area contributed by atoms with Gasteiger partial charge in [-0.1, -0.05) is 6.92 Å². The van der Waals surface area contributed by atoms with Gasteiger partial charge in [0.25, 0.3) is 5.56 Å². The van der Waals surface area contributed by atoms with Gasteiger partial charge in [-0.05, 0) is 44.8 Å². The maximum Gasteiger partial charge on any atom is 0.343 e. The van der Waals surface area contributed by atoms with E-state index < -0.39 is 11.6 Å². The molecule has 0 radical (unpaired) electrons. The third-order valence-corrected chi connectivity index (χ3v) is 6.25. The van der Waals surface area contributed by atoms with Gasteiger partial charge in [-0.15, -0.1) is 12.4 Å². The van der Waals surface area contributed by atoms with Crippen LogP contribution in [-0.2, 0) is 34.8 Å². The second kappa shape index (κ2) is 12.4. The molecule has 12 N–H and O–H groups in total. The average molecular weight is 548 g/mol. The smallest absolute Gasteiger partial charge is 0.343 e. The van der Waals surface area contributed by atoms with Crippen molar-refractivity contribution in [2.45, 2.75) is 38.6 Å². The van der Waals surface area contributed by atoms with E-state index in [1.165, 1.54) is 0 Å². The quantitative estimate of drug-likeness (QED) is 0.276. The van der Waals surface area contributed by atoms with Crippen LogP contribution < -0.4 is 5.56 Å². The van der Waals surface area contributed by atoms with Crippen LogP contribution in [0.4, 0.5) is 0 Å². The van der Waals surface area contributed by atoms with Gasteiger partial charge < -0.3 is 51.8 Å². The monoisotopic (exact) mass is 547 g/mol. The molecule has 0 spiro atoms. The van der Waals surface area contributed by atoms with Crippen molar-refractivity contribution < 1.29 is 47.1 Å². The Morgan fingerprint density at radius 1 is 1.11 bits per heavy atom. The molecule has 0 saturated carbocycles. The van der Waals surface area contributed by atoms with E-state index in [0.717, 1.165) is 16.5 Å². The van der Waals surface area contributed by atoms with Crippen LogP contribution in [0, 0.1) is 0 Å². The van der Waals surface area contributed by atoms with Crippen LogP contribution in [0.5, 0.6) is 5.75 Å². The first-order valence-electron chi connectivity index (χ1n) is 10.2. The number of pyridine rings is 2. The number of aromatic nitrogens is 2. The molecule has 0 bridgehead atoms. The second-order valence-corrected chi connectivity index (χ2v) is 8.47. The Morgan fingerprint density at radius 3 is 2.35 bits per heavy atom.